The topological polar surface area (TPSA) is 78.9 Å². The van der Waals surface area contributed by atoms with Crippen LogP contribution in [0.1, 0.15) is 80.1 Å². The molecule has 4 aliphatic carbocycles. The van der Waals surface area contributed by atoms with E-state index in [2.05, 4.69) is 32.1 Å². The van der Waals surface area contributed by atoms with E-state index in [9.17, 15) is 14.4 Å². The lowest BCUT2D eigenvalue weighted by Crippen LogP contribution is -2.60. The summed E-state index contributed by atoms with van der Waals surface area (Å²) in [5.41, 5.74) is -0.963. The van der Waals surface area contributed by atoms with Gasteiger partial charge in [0.15, 0.2) is 5.60 Å². The fourth-order valence-electron chi connectivity index (χ4n) is 8.05. The van der Waals surface area contributed by atoms with Gasteiger partial charge in [-0.05, 0) is 68.3 Å². The van der Waals surface area contributed by atoms with Crippen LogP contribution in [-0.4, -0.2) is 29.6 Å². The van der Waals surface area contributed by atoms with E-state index < -0.39 is 11.7 Å². The van der Waals surface area contributed by atoms with Gasteiger partial charge in [0.2, 0.25) is 0 Å². The maximum atomic E-state index is 12.2. The maximum absolute atomic E-state index is 12.2. The van der Waals surface area contributed by atoms with E-state index in [0.29, 0.717) is 24.2 Å². The van der Waals surface area contributed by atoms with E-state index in [4.69, 9.17) is 14.2 Å². The highest BCUT2D eigenvalue weighted by atomic mass is 16.6. The van der Waals surface area contributed by atoms with E-state index in [0.717, 1.165) is 37.9 Å². The molecule has 6 heteroatoms. The molecule has 182 valence electrons. The molecule has 33 heavy (non-hydrogen) atoms. The highest BCUT2D eigenvalue weighted by Crippen LogP contribution is 2.68. The molecule has 0 aromatic carbocycles. The summed E-state index contributed by atoms with van der Waals surface area (Å²) in [6.45, 7) is 10.8. The number of hydrogen-bond donors (Lipinski definition) is 0. The van der Waals surface area contributed by atoms with Gasteiger partial charge in [0, 0.05) is 38.5 Å². The molecule has 2 unspecified atom stereocenters. The predicted octanol–water partition coefficient (Wildman–Crippen LogP) is 5.12. The first kappa shape index (κ1) is 24.0. The third kappa shape index (κ3) is 3.74. The van der Waals surface area contributed by atoms with E-state index in [1.807, 2.05) is 6.92 Å². The summed E-state index contributed by atoms with van der Waals surface area (Å²) < 4.78 is 17.2. The molecule has 4 rings (SSSR count). The van der Waals surface area contributed by atoms with Gasteiger partial charge < -0.3 is 14.2 Å². The van der Waals surface area contributed by atoms with Gasteiger partial charge in [0.25, 0.3) is 0 Å². The highest BCUT2D eigenvalue weighted by Gasteiger charge is 2.68. The van der Waals surface area contributed by atoms with Crippen molar-refractivity contribution in [2.24, 2.45) is 34.5 Å². The van der Waals surface area contributed by atoms with Crippen LogP contribution in [0.3, 0.4) is 0 Å². The summed E-state index contributed by atoms with van der Waals surface area (Å²) in [4.78, 5) is 35.5. The van der Waals surface area contributed by atoms with Gasteiger partial charge >= 0.3 is 17.9 Å². The summed E-state index contributed by atoms with van der Waals surface area (Å²) in [5.74, 6) is 1.37. The van der Waals surface area contributed by atoms with Gasteiger partial charge in [-0.15, -0.1) is 0 Å². The van der Waals surface area contributed by atoms with Crippen LogP contribution in [0.25, 0.3) is 0 Å². The summed E-state index contributed by atoms with van der Waals surface area (Å²) in [7, 11) is 0. The molecule has 0 saturated heterocycles. The average Bonchev–Trinajstić information content (AvgIpc) is 3.00. The first-order valence-electron chi connectivity index (χ1n) is 12.4. The van der Waals surface area contributed by atoms with E-state index >= 15 is 0 Å². The van der Waals surface area contributed by atoms with Gasteiger partial charge in [-0.3, -0.25) is 14.4 Å². The Kier molecular flexibility index (Phi) is 6.03. The van der Waals surface area contributed by atoms with Gasteiger partial charge in [-0.1, -0.05) is 26.0 Å². The van der Waals surface area contributed by atoms with Crippen molar-refractivity contribution >= 4 is 17.9 Å². The molecule has 0 radical (unpaired) electrons. The van der Waals surface area contributed by atoms with Crippen LogP contribution in [0.15, 0.2) is 24.0 Å². The minimum absolute atomic E-state index is 0.110. The third-order valence-corrected chi connectivity index (χ3v) is 9.54. The van der Waals surface area contributed by atoms with Gasteiger partial charge in [0.1, 0.15) is 11.9 Å². The maximum Gasteiger partial charge on any atom is 0.307 e. The minimum atomic E-state index is -0.805. The Morgan fingerprint density at radius 1 is 0.939 bits per heavy atom. The number of carbonyl (C=O) groups is 3. The fourth-order valence-corrected chi connectivity index (χ4v) is 8.05. The molecule has 4 aliphatic rings. The Labute approximate surface area is 197 Å². The van der Waals surface area contributed by atoms with Crippen molar-refractivity contribution in [2.75, 3.05) is 0 Å². The molecule has 2 fully saturated rings. The second-order valence-electron chi connectivity index (χ2n) is 11.2. The normalized spacial score (nSPS) is 42.2. The van der Waals surface area contributed by atoms with Crippen LogP contribution in [0, 0.1) is 34.5 Å². The molecule has 2 saturated carbocycles. The van der Waals surface area contributed by atoms with Crippen molar-refractivity contribution in [2.45, 2.75) is 91.8 Å². The Morgan fingerprint density at radius 3 is 2.27 bits per heavy atom. The second-order valence-corrected chi connectivity index (χ2v) is 11.2. The average molecular weight is 459 g/mol. The van der Waals surface area contributed by atoms with E-state index in [1.54, 1.807) is 0 Å². The Morgan fingerprint density at radius 2 is 1.64 bits per heavy atom. The smallest absolute Gasteiger partial charge is 0.307 e. The molecule has 0 N–H and O–H groups in total. The summed E-state index contributed by atoms with van der Waals surface area (Å²) >= 11 is 0. The number of ether oxygens (including phenoxy) is 3. The van der Waals surface area contributed by atoms with Gasteiger partial charge in [0.05, 0.1) is 0 Å². The van der Waals surface area contributed by atoms with Crippen molar-refractivity contribution in [3.8, 4) is 0 Å². The number of fused-ring (bicyclic) bond motifs is 5. The predicted molar refractivity (Wildman–Crippen MR) is 123 cm³/mol. The van der Waals surface area contributed by atoms with Crippen LogP contribution in [0.4, 0.5) is 0 Å². The number of hydrogen-bond acceptors (Lipinski definition) is 6. The van der Waals surface area contributed by atoms with Crippen LogP contribution in [0.2, 0.25) is 0 Å². The molecular formula is C27H38O6. The van der Waals surface area contributed by atoms with Crippen molar-refractivity contribution in [3.05, 3.63) is 24.0 Å². The Balaban J connectivity index is 1.67. The van der Waals surface area contributed by atoms with Crippen molar-refractivity contribution in [3.63, 3.8) is 0 Å². The van der Waals surface area contributed by atoms with Crippen LogP contribution in [-0.2, 0) is 28.6 Å². The molecule has 0 bridgehead atoms. The van der Waals surface area contributed by atoms with Gasteiger partial charge in [-0.2, -0.15) is 0 Å². The quantitative estimate of drug-likeness (QED) is 0.331. The SMILES string of the molecule is CC(=O)OC1=CC2C=C[C@@H]3[C@H](CC[C@@]4(C)[C@H]3CC[C@]4(OC(C)=O)C(C)OC(C)=O)[C@@]2(C)CC1. The highest BCUT2D eigenvalue weighted by molar-refractivity contribution is 5.68. The van der Waals surface area contributed by atoms with Crippen LogP contribution in [0.5, 0.6) is 0 Å². The Hall–Kier alpha value is -2.11. The summed E-state index contributed by atoms with van der Waals surface area (Å²) in [6.07, 6.45) is 11.7. The zero-order valence-corrected chi connectivity index (χ0v) is 20.8. The Bertz CT molecular complexity index is 904. The summed E-state index contributed by atoms with van der Waals surface area (Å²) in [5, 5.41) is 0. The molecule has 0 amide bonds. The molecular weight excluding hydrogens is 420 g/mol. The first-order chi connectivity index (χ1) is 15.4. The standard InChI is InChI=1S/C27H38O6/c1-16(31-17(2)28)27(33-19(4)30)14-11-24-22-8-7-20-15-21(32-18(3)29)9-12-25(20,5)23(22)10-13-26(24,27)6/h7-8,15-16,20,22-24H,9-14H2,1-6H3/t16?,20?,22-,23+,24+,25+,26+,27+/m1/s1. The lowest BCUT2D eigenvalue weighted by Gasteiger charge is -2.59. The molecule has 0 heterocycles. The minimum Gasteiger partial charge on any atom is -0.459 e. The third-order valence-electron chi connectivity index (χ3n) is 9.54. The van der Waals surface area contributed by atoms with Crippen molar-refractivity contribution in [1.82, 2.24) is 0 Å². The molecule has 0 aromatic rings. The van der Waals surface area contributed by atoms with Gasteiger partial charge in [-0.25, -0.2) is 0 Å². The molecule has 0 spiro atoms. The number of carbonyl (C=O) groups excluding carboxylic acids is 3. The van der Waals surface area contributed by atoms with Crippen LogP contribution >= 0.6 is 0 Å². The molecule has 0 aromatic heterocycles. The fraction of sp³-hybridized carbons (Fsp3) is 0.741. The molecule has 8 atom stereocenters. The number of allylic oxidation sites excluding steroid dienone is 4. The number of esters is 3. The molecule has 6 nitrogen and oxygen atoms in total. The van der Waals surface area contributed by atoms with E-state index in [-0.39, 0.29) is 34.7 Å². The molecule has 0 aliphatic heterocycles. The largest absolute Gasteiger partial charge is 0.459 e. The first-order valence-corrected chi connectivity index (χ1v) is 12.4. The lowest BCUT2D eigenvalue weighted by atomic mass is 9.47. The lowest BCUT2D eigenvalue weighted by molar-refractivity contribution is -0.213. The second kappa shape index (κ2) is 8.28. The zero-order valence-electron chi connectivity index (χ0n) is 20.8. The zero-order chi connectivity index (χ0) is 24.2. The number of rotatable bonds is 4. The monoisotopic (exact) mass is 458 g/mol. The van der Waals surface area contributed by atoms with Crippen molar-refractivity contribution in [1.29, 1.82) is 0 Å². The summed E-state index contributed by atoms with van der Waals surface area (Å²) in [6, 6.07) is 0. The van der Waals surface area contributed by atoms with E-state index in [1.165, 1.54) is 20.8 Å². The van der Waals surface area contributed by atoms with Crippen LogP contribution < -0.4 is 0 Å². The van der Waals surface area contributed by atoms with Crippen molar-refractivity contribution < 1.29 is 28.6 Å².